The lowest BCUT2D eigenvalue weighted by atomic mass is 10.2. The number of carbonyl (C=O) groups is 1. The number of aliphatic carboxylic acids is 1. The SMILES string of the molecule is Cc1ccc(C2=N[C@H](C(=O)O)CS2)cc1. The van der Waals surface area contributed by atoms with Crippen LogP contribution in [0.1, 0.15) is 11.1 Å². The van der Waals surface area contributed by atoms with Crippen molar-refractivity contribution in [2.75, 3.05) is 5.75 Å². The molecule has 1 aromatic carbocycles. The van der Waals surface area contributed by atoms with Gasteiger partial charge in [0.25, 0.3) is 0 Å². The van der Waals surface area contributed by atoms with Crippen molar-refractivity contribution in [1.29, 1.82) is 0 Å². The number of rotatable bonds is 2. The normalized spacial score (nSPS) is 20.1. The predicted octanol–water partition coefficient (Wildman–Crippen LogP) is 1.94. The van der Waals surface area contributed by atoms with E-state index in [2.05, 4.69) is 4.99 Å². The molecule has 1 atom stereocenters. The maximum Gasteiger partial charge on any atom is 0.329 e. The summed E-state index contributed by atoms with van der Waals surface area (Å²) in [5, 5.41) is 9.64. The minimum absolute atomic E-state index is 0.540. The van der Waals surface area contributed by atoms with Crippen LogP contribution >= 0.6 is 11.8 Å². The average molecular weight is 221 g/mol. The number of benzene rings is 1. The molecule has 1 N–H and O–H groups in total. The van der Waals surface area contributed by atoms with Crippen molar-refractivity contribution in [2.45, 2.75) is 13.0 Å². The van der Waals surface area contributed by atoms with Crippen LogP contribution in [0.5, 0.6) is 0 Å². The van der Waals surface area contributed by atoms with Crippen molar-refractivity contribution in [2.24, 2.45) is 4.99 Å². The minimum Gasteiger partial charge on any atom is -0.480 e. The van der Waals surface area contributed by atoms with E-state index in [0.29, 0.717) is 5.75 Å². The lowest BCUT2D eigenvalue weighted by Gasteiger charge is -1.99. The van der Waals surface area contributed by atoms with E-state index in [4.69, 9.17) is 5.11 Å². The molecule has 0 bridgehead atoms. The molecule has 4 heteroatoms. The summed E-state index contributed by atoms with van der Waals surface area (Å²) in [6.45, 7) is 2.02. The van der Waals surface area contributed by atoms with Crippen LogP contribution in [-0.4, -0.2) is 27.9 Å². The molecule has 0 aliphatic carbocycles. The van der Waals surface area contributed by atoms with Crippen LogP contribution in [0.15, 0.2) is 29.3 Å². The highest BCUT2D eigenvalue weighted by Crippen LogP contribution is 2.23. The number of aliphatic imine (C=N–C) groups is 1. The molecule has 15 heavy (non-hydrogen) atoms. The van der Waals surface area contributed by atoms with E-state index in [1.165, 1.54) is 17.3 Å². The van der Waals surface area contributed by atoms with Crippen LogP contribution in [0.3, 0.4) is 0 Å². The van der Waals surface area contributed by atoms with E-state index in [1.54, 1.807) is 0 Å². The third kappa shape index (κ3) is 2.21. The Labute approximate surface area is 92.2 Å². The molecule has 0 aromatic heterocycles. The molecular formula is C11H11NO2S. The van der Waals surface area contributed by atoms with E-state index in [0.717, 1.165) is 10.6 Å². The van der Waals surface area contributed by atoms with E-state index >= 15 is 0 Å². The Bertz CT molecular complexity index is 411. The highest BCUT2D eigenvalue weighted by molar-refractivity contribution is 8.14. The largest absolute Gasteiger partial charge is 0.480 e. The topological polar surface area (TPSA) is 49.7 Å². The zero-order chi connectivity index (χ0) is 10.8. The first-order valence-electron chi connectivity index (χ1n) is 4.67. The number of aryl methyl sites for hydroxylation is 1. The van der Waals surface area contributed by atoms with Gasteiger partial charge in [-0.25, -0.2) is 4.79 Å². The van der Waals surface area contributed by atoms with Gasteiger partial charge in [0.05, 0.1) is 5.04 Å². The van der Waals surface area contributed by atoms with Gasteiger partial charge in [0.2, 0.25) is 0 Å². The molecule has 2 rings (SSSR count). The van der Waals surface area contributed by atoms with Gasteiger partial charge in [-0.1, -0.05) is 29.8 Å². The summed E-state index contributed by atoms with van der Waals surface area (Å²) >= 11 is 1.51. The number of hydrogen-bond donors (Lipinski definition) is 1. The molecule has 0 radical (unpaired) electrons. The Kier molecular flexibility index (Phi) is 2.77. The van der Waals surface area contributed by atoms with E-state index < -0.39 is 12.0 Å². The number of carboxylic acids is 1. The lowest BCUT2D eigenvalue weighted by Crippen LogP contribution is -2.17. The average Bonchev–Trinajstić information content (AvgIpc) is 2.68. The van der Waals surface area contributed by atoms with E-state index in [1.807, 2.05) is 31.2 Å². The van der Waals surface area contributed by atoms with Gasteiger partial charge in [-0.3, -0.25) is 4.99 Å². The smallest absolute Gasteiger partial charge is 0.329 e. The fourth-order valence-electron chi connectivity index (χ4n) is 1.35. The first kappa shape index (κ1) is 10.2. The second-order valence-electron chi connectivity index (χ2n) is 3.47. The van der Waals surface area contributed by atoms with Crippen LogP contribution in [0.4, 0.5) is 0 Å². The van der Waals surface area contributed by atoms with Gasteiger partial charge in [-0.2, -0.15) is 0 Å². The molecule has 1 aliphatic heterocycles. The first-order chi connectivity index (χ1) is 7.16. The summed E-state index contributed by atoms with van der Waals surface area (Å²) in [4.78, 5) is 14.9. The molecule has 0 saturated heterocycles. The van der Waals surface area contributed by atoms with Crippen LogP contribution in [0.2, 0.25) is 0 Å². The molecule has 78 valence electrons. The van der Waals surface area contributed by atoms with Crippen LogP contribution in [-0.2, 0) is 4.79 Å². The zero-order valence-electron chi connectivity index (χ0n) is 8.30. The van der Waals surface area contributed by atoms with Gasteiger partial charge in [0.15, 0.2) is 6.04 Å². The highest BCUT2D eigenvalue weighted by atomic mass is 32.2. The van der Waals surface area contributed by atoms with E-state index in [-0.39, 0.29) is 0 Å². The van der Waals surface area contributed by atoms with Gasteiger partial charge in [0.1, 0.15) is 0 Å². The standard InChI is InChI=1S/C11H11NO2S/c1-7-2-4-8(5-3-7)10-12-9(6-15-10)11(13)14/h2-5,9H,6H2,1H3,(H,13,14)/t9-/m0/s1. The molecule has 0 amide bonds. The molecule has 0 unspecified atom stereocenters. The van der Waals surface area contributed by atoms with Crippen LogP contribution in [0.25, 0.3) is 0 Å². The van der Waals surface area contributed by atoms with Crippen LogP contribution < -0.4 is 0 Å². The van der Waals surface area contributed by atoms with Crippen LogP contribution in [0, 0.1) is 6.92 Å². The number of hydrogen-bond acceptors (Lipinski definition) is 3. The zero-order valence-corrected chi connectivity index (χ0v) is 9.12. The maximum atomic E-state index is 10.7. The molecule has 3 nitrogen and oxygen atoms in total. The number of thioether (sulfide) groups is 1. The molecular weight excluding hydrogens is 210 g/mol. The minimum atomic E-state index is -0.843. The molecule has 1 aromatic rings. The molecule has 0 spiro atoms. The number of carboxylic acid groups (broad SMARTS) is 1. The third-order valence-corrected chi connectivity index (χ3v) is 3.33. The molecule has 0 fully saturated rings. The second kappa shape index (κ2) is 4.06. The summed E-state index contributed by atoms with van der Waals surface area (Å²) in [6.07, 6.45) is 0. The fourth-order valence-corrected chi connectivity index (χ4v) is 2.39. The summed E-state index contributed by atoms with van der Waals surface area (Å²) in [5.74, 6) is -0.303. The molecule has 1 aliphatic rings. The van der Waals surface area contributed by atoms with Crippen molar-refractivity contribution < 1.29 is 9.90 Å². The highest BCUT2D eigenvalue weighted by Gasteiger charge is 2.24. The fraction of sp³-hybridized carbons (Fsp3) is 0.273. The van der Waals surface area contributed by atoms with E-state index in [9.17, 15) is 4.79 Å². The Balaban J connectivity index is 2.22. The van der Waals surface area contributed by atoms with Crippen molar-refractivity contribution >= 4 is 22.8 Å². The third-order valence-electron chi connectivity index (χ3n) is 2.23. The van der Waals surface area contributed by atoms with Gasteiger partial charge in [-0.15, -0.1) is 11.8 Å². The van der Waals surface area contributed by atoms with Gasteiger partial charge in [-0.05, 0) is 6.92 Å². The Hall–Kier alpha value is -1.29. The molecule has 1 heterocycles. The monoisotopic (exact) mass is 221 g/mol. The quantitative estimate of drug-likeness (QED) is 0.830. The second-order valence-corrected chi connectivity index (χ2v) is 4.47. The van der Waals surface area contributed by atoms with Gasteiger partial charge in [0, 0.05) is 11.3 Å². The van der Waals surface area contributed by atoms with Crippen molar-refractivity contribution in [1.82, 2.24) is 0 Å². The Morgan fingerprint density at radius 3 is 2.67 bits per heavy atom. The van der Waals surface area contributed by atoms with Crippen molar-refractivity contribution in [3.63, 3.8) is 0 Å². The maximum absolute atomic E-state index is 10.7. The summed E-state index contributed by atoms with van der Waals surface area (Å²) in [5.41, 5.74) is 2.20. The summed E-state index contributed by atoms with van der Waals surface area (Å²) in [7, 11) is 0. The predicted molar refractivity (Wildman–Crippen MR) is 61.6 cm³/mol. The lowest BCUT2D eigenvalue weighted by molar-refractivity contribution is -0.137. The first-order valence-corrected chi connectivity index (χ1v) is 5.66. The number of nitrogens with zero attached hydrogens (tertiary/aromatic N) is 1. The Morgan fingerprint density at radius 2 is 2.13 bits per heavy atom. The van der Waals surface area contributed by atoms with Crippen molar-refractivity contribution in [3.05, 3.63) is 35.4 Å². The summed E-state index contributed by atoms with van der Waals surface area (Å²) in [6, 6.07) is 7.39. The van der Waals surface area contributed by atoms with Crippen molar-refractivity contribution in [3.8, 4) is 0 Å². The molecule has 0 saturated carbocycles. The summed E-state index contributed by atoms with van der Waals surface area (Å²) < 4.78 is 0. The van der Waals surface area contributed by atoms with Gasteiger partial charge >= 0.3 is 5.97 Å². The Morgan fingerprint density at radius 1 is 1.47 bits per heavy atom. The van der Waals surface area contributed by atoms with Gasteiger partial charge < -0.3 is 5.11 Å².